The van der Waals surface area contributed by atoms with Crippen LogP contribution >= 0.6 is 34.8 Å². The molecule has 0 bridgehead atoms. The Kier molecular flexibility index (Phi) is 8.62. The number of nitrogens with zero attached hydrogens (tertiary/aromatic N) is 1. The predicted molar refractivity (Wildman–Crippen MR) is 132 cm³/mol. The molecule has 0 heterocycles. The van der Waals surface area contributed by atoms with Gasteiger partial charge >= 0.3 is 0 Å². The lowest BCUT2D eigenvalue weighted by Crippen LogP contribution is -2.13. The van der Waals surface area contributed by atoms with Crippen molar-refractivity contribution in [2.75, 3.05) is 11.9 Å². The zero-order valence-electron chi connectivity index (χ0n) is 17.6. The van der Waals surface area contributed by atoms with Gasteiger partial charge in [-0.3, -0.25) is 4.79 Å². The molecule has 3 rings (SSSR count). The number of hydrogen-bond donors (Lipinski definition) is 1. The topological polar surface area (TPSA) is 71.3 Å². The lowest BCUT2D eigenvalue weighted by Gasteiger charge is -2.14. The SMILES string of the molecule is CCOc1cc(/C=C(/C#N)C(=O)Nc2ccc(Cl)cc2)ccc1OCc1c(Cl)cccc1Cl. The Balaban J connectivity index is 1.80. The van der Waals surface area contributed by atoms with Crippen molar-refractivity contribution in [3.05, 3.63) is 92.4 Å². The lowest BCUT2D eigenvalue weighted by molar-refractivity contribution is -0.112. The molecule has 8 heteroatoms. The van der Waals surface area contributed by atoms with Crippen molar-refractivity contribution in [3.8, 4) is 17.6 Å². The third-order valence-electron chi connectivity index (χ3n) is 4.48. The molecule has 0 aliphatic heterocycles. The summed E-state index contributed by atoms with van der Waals surface area (Å²) in [6.07, 6.45) is 1.47. The van der Waals surface area contributed by atoms with E-state index in [1.54, 1.807) is 60.7 Å². The first kappa shape index (κ1) is 24.5. The summed E-state index contributed by atoms with van der Waals surface area (Å²) in [5.41, 5.74) is 1.73. The fraction of sp³-hybridized carbons (Fsp3) is 0.120. The highest BCUT2D eigenvalue weighted by molar-refractivity contribution is 6.36. The monoisotopic (exact) mass is 500 g/mol. The summed E-state index contributed by atoms with van der Waals surface area (Å²) in [4.78, 5) is 12.5. The molecule has 0 aromatic heterocycles. The molecular weight excluding hydrogens is 483 g/mol. The molecule has 0 aliphatic carbocycles. The van der Waals surface area contributed by atoms with Crippen LogP contribution in [0.5, 0.6) is 11.5 Å². The maximum atomic E-state index is 12.5. The molecule has 0 atom stereocenters. The Morgan fingerprint density at radius 1 is 1.00 bits per heavy atom. The summed E-state index contributed by atoms with van der Waals surface area (Å²) >= 11 is 18.3. The van der Waals surface area contributed by atoms with Gasteiger partial charge in [-0.25, -0.2) is 0 Å². The van der Waals surface area contributed by atoms with E-state index in [4.69, 9.17) is 44.3 Å². The number of benzene rings is 3. The van der Waals surface area contributed by atoms with E-state index in [0.29, 0.717) is 50.0 Å². The first-order valence-electron chi connectivity index (χ1n) is 9.92. The molecule has 0 fully saturated rings. The largest absolute Gasteiger partial charge is 0.490 e. The molecule has 0 saturated heterocycles. The molecule has 0 saturated carbocycles. The Bertz CT molecular complexity index is 1200. The van der Waals surface area contributed by atoms with Crippen molar-refractivity contribution in [2.24, 2.45) is 0 Å². The third-order valence-corrected chi connectivity index (χ3v) is 5.44. The quantitative estimate of drug-likeness (QED) is 0.262. The molecule has 1 amide bonds. The van der Waals surface area contributed by atoms with Gasteiger partial charge in [0.05, 0.1) is 6.61 Å². The van der Waals surface area contributed by atoms with Gasteiger partial charge in [-0.2, -0.15) is 5.26 Å². The van der Waals surface area contributed by atoms with E-state index in [0.717, 1.165) is 0 Å². The van der Waals surface area contributed by atoms with Gasteiger partial charge in [-0.05, 0) is 67.1 Å². The molecule has 168 valence electrons. The van der Waals surface area contributed by atoms with Crippen molar-refractivity contribution in [2.45, 2.75) is 13.5 Å². The van der Waals surface area contributed by atoms with Crippen molar-refractivity contribution < 1.29 is 14.3 Å². The van der Waals surface area contributed by atoms with Crippen LogP contribution in [0.15, 0.2) is 66.2 Å². The number of anilines is 1. The van der Waals surface area contributed by atoms with Gasteiger partial charge in [0.25, 0.3) is 5.91 Å². The molecule has 0 aliphatic rings. The van der Waals surface area contributed by atoms with Crippen LogP contribution in [0.3, 0.4) is 0 Å². The van der Waals surface area contributed by atoms with E-state index < -0.39 is 5.91 Å². The van der Waals surface area contributed by atoms with E-state index in [9.17, 15) is 10.1 Å². The minimum absolute atomic E-state index is 0.0658. The fourth-order valence-electron chi connectivity index (χ4n) is 2.87. The van der Waals surface area contributed by atoms with Crippen LogP contribution in [-0.4, -0.2) is 12.5 Å². The highest BCUT2D eigenvalue weighted by Crippen LogP contribution is 2.32. The van der Waals surface area contributed by atoms with Gasteiger partial charge in [0.2, 0.25) is 0 Å². The average molecular weight is 502 g/mol. The van der Waals surface area contributed by atoms with Gasteiger partial charge < -0.3 is 14.8 Å². The summed E-state index contributed by atoms with van der Waals surface area (Å²) in [5.74, 6) is 0.408. The van der Waals surface area contributed by atoms with Crippen LogP contribution in [0, 0.1) is 11.3 Å². The maximum absolute atomic E-state index is 12.5. The molecule has 3 aromatic carbocycles. The summed E-state index contributed by atoms with van der Waals surface area (Å²) in [5, 5.41) is 13.7. The summed E-state index contributed by atoms with van der Waals surface area (Å²) in [6, 6.07) is 18.9. The van der Waals surface area contributed by atoms with Crippen LogP contribution in [0.1, 0.15) is 18.1 Å². The number of rotatable bonds is 8. The number of amides is 1. The highest BCUT2D eigenvalue weighted by atomic mass is 35.5. The summed E-state index contributed by atoms with van der Waals surface area (Å²) < 4.78 is 11.6. The number of hydrogen-bond acceptors (Lipinski definition) is 4. The van der Waals surface area contributed by atoms with E-state index in [1.807, 2.05) is 13.0 Å². The van der Waals surface area contributed by atoms with Crippen molar-refractivity contribution in [1.82, 2.24) is 0 Å². The van der Waals surface area contributed by atoms with E-state index in [2.05, 4.69) is 5.32 Å². The van der Waals surface area contributed by atoms with E-state index in [-0.39, 0.29) is 12.2 Å². The second kappa shape index (κ2) is 11.6. The number of nitrogens with one attached hydrogen (secondary N) is 1. The van der Waals surface area contributed by atoms with Crippen LogP contribution in [-0.2, 0) is 11.4 Å². The molecule has 33 heavy (non-hydrogen) atoms. The number of ether oxygens (including phenoxy) is 2. The molecular formula is C25H19Cl3N2O3. The number of carbonyl (C=O) groups is 1. The standard InChI is InChI=1S/C25H19Cl3N2O3/c1-2-32-24-13-16(6-11-23(24)33-15-20-21(27)4-3-5-22(20)28)12-17(14-29)25(31)30-19-9-7-18(26)8-10-19/h3-13H,2,15H2,1H3,(H,30,31)/b17-12-. The van der Waals surface area contributed by atoms with Crippen LogP contribution in [0.4, 0.5) is 5.69 Å². The molecule has 5 nitrogen and oxygen atoms in total. The minimum atomic E-state index is -0.536. The van der Waals surface area contributed by atoms with Gasteiger partial charge in [-0.15, -0.1) is 0 Å². The number of carbonyl (C=O) groups excluding carboxylic acids is 1. The Morgan fingerprint density at radius 3 is 2.33 bits per heavy atom. The average Bonchev–Trinajstić information content (AvgIpc) is 2.80. The summed E-state index contributed by atoms with van der Waals surface area (Å²) in [6.45, 7) is 2.40. The van der Waals surface area contributed by atoms with Gasteiger partial charge in [0.1, 0.15) is 18.2 Å². The molecule has 3 aromatic rings. The Labute approximate surface area is 207 Å². The highest BCUT2D eigenvalue weighted by Gasteiger charge is 2.13. The Morgan fingerprint density at radius 2 is 1.70 bits per heavy atom. The van der Waals surface area contributed by atoms with Crippen LogP contribution < -0.4 is 14.8 Å². The zero-order valence-corrected chi connectivity index (χ0v) is 19.8. The second-order valence-corrected chi connectivity index (χ2v) is 8.01. The second-order valence-electron chi connectivity index (χ2n) is 6.76. The Hall–Kier alpha value is -3.17. The van der Waals surface area contributed by atoms with Gasteiger partial charge in [-0.1, -0.05) is 46.9 Å². The molecule has 1 N–H and O–H groups in total. The van der Waals surface area contributed by atoms with E-state index in [1.165, 1.54) is 6.08 Å². The van der Waals surface area contributed by atoms with Crippen LogP contribution in [0.2, 0.25) is 15.1 Å². The first-order valence-corrected chi connectivity index (χ1v) is 11.1. The van der Waals surface area contributed by atoms with Crippen LogP contribution in [0.25, 0.3) is 6.08 Å². The fourth-order valence-corrected chi connectivity index (χ4v) is 3.50. The van der Waals surface area contributed by atoms with Gasteiger partial charge in [0, 0.05) is 26.3 Å². The molecule has 0 radical (unpaired) electrons. The predicted octanol–water partition coefficient (Wildman–Crippen LogP) is 7.17. The van der Waals surface area contributed by atoms with Gasteiger partial charge in [0.15, 0.2) is 11.5 Å². The molecule has 0 unspecified atom stereocenters. The van der Waals surface area contributed by atoms with Crippen molar-refractivity contribution in [1.29, 1.82) is 5.26 Å². The smallest absolute Gasteiger partial charge is 0.266 e. The summed E-state index contributed by atoms with van der Waals surface area (Å²) in [7, 11) is 0. The number of halogens is 3. The van der Waals surface area contributed by atoms with Crippen molar-refractivity contribution >= 4 is 52.5 Å². The minimum Gasteiger partial charge on any atom is -0.490 e. The molecule has 0 spiro atoms. The third kappa shape index (κ3) is 6.66. The normalized spacial score (nSPS) is 10.9. The lowest BCUT2D eigenvalue weighted by atomic mass is 10.1. The van der Waals surface area contributed by atoms with Crippen molar-refractivity contribution in [3.63, 3.8) is 0 Å². The maximum Gasteiger partial charge on any atom is 0.266 e. The zero-order chi connectivity index (χ0) is 23.8. The number of nitriles is 1. The first-order chi connectivity index (χ1) is 15.9. The van der Waals surface area contributed by atoms with E-state index >= 15 is 0 Å².